The van der Waals surface area contributed by atoms with Gasteiger partial charge in [0.05, 0.1) is 28.3 Å². The summed E-state index contributed by atoms with van der Waals surface area (Å²) in [7, 11) is 0. The first kappa shape index (κ1) is 34.9. The van der Waals surface area contributed by atoms with Crippen molar-refractivity contribution in [1.29, 1.82) is 5.26 Å². The smallest absolute Gasteiger partial charge is 0.147 e. The molecule has 4 fully saturated rings. The number of benzene rings is 9. The molecule has 4 heteroatoms. The fourth-order valence-electron chi connectivity index (χ4n) is 13.2. The van der Waals surface area contributed by atoms with E-state index in [0.29, 0.717) is 23.1 Å². The van der Waals surface area contributed by atoms with Crippen molar-refractivity contribution < 1.29 is 4.39 Å². The van der Waals surface area contributed by atoms with Crippen molar-refractivity contribution in [3.63, 3.8) is 0 Å². The van der Waals surface area contributed by atoms with Crippen LogP contribution in [0.15, 0.2) is 170 Å². The lowest BCUT2D eigenvalue weighted by Gasteiger charge is -2.61. The van der Waals surface area contributed by atoms with Crippen LogP contribution in [0.5, 0.6) is 0 Å². The first-order chi connectivity index (χ1) is 30.1. The topological polar surface area (TPSA) is 30.3 Å². The molecule has 0 N–H and O–H groups in total. The molecule has 0 heterocycles. The van der Waals surface area contributed by atoms with Crippen LogP contribution >= 0.6 is 0 Å². The molecule has 4 bridgehead atoms. The number of hydrogen-bond acceptors (Lipinski definition) is 3. The molecule has 0 saturated heterocycles. The highest BCUT2D eigenvalue weighted by atomic mass is 19.1. The number of halogens is 1. The van der Waals surface area contributed by atoms with Gasteiger partial charge in [-0.1, -0.05) is 109 Å². The Bertz CT molecular complexity index is 3240. The van der Waals surface area contributed by atoms with Crippen LogP contribution in [0.25, 0.3) is 43.4 Å². The molecule has 61 heavy (non-hydrogen) atoms. The van der Waals surface area contributed by atoms with Gasteiger partial charge >= 0.3 is 0 Å². The quantitative estimate of drug-likeness (QED) is 0.157. The van der Waals surface area contributed by atoms with Gasteiger partial charge < -0.3 is 9.80 Å². The summed E-state index contributed by atoms with van der Waals surface area (Å²) in [6.45, 7) is 0. The third-order valence-electron chi connectivity index (χ3n) is 15.3. The van der Waals surface area contributed by atoms with Gasteiger partial charge in [0.2, 0.25) is 0 Å². The zero-order valence-electron chi connectivity index (χ0n) is 33.7. The second-order valence-electron chi connectivity index (χ2n) is 18.1. The highest BCUT2D eigenvalue weighted by Crippen LogP contribution is 2.69. The van der Waals surface area contributed by atoms with Gasteiger partial charge in [0.1, 0.15) is 11.9 Å². The molecule has 5 aliphatic carbocycles. The van der Waals surface area contributed by atoms with Crippen molar-refractivity contribution in [3.8, 4) is 17.2 Å². The molecular weight excluding hydrogens is 746 g/mol. The second-order valence-corrected chi connectivity index (χ2v) is 18.1. The Balaban J connectivity index is 1.04. The molecule has 0 atom stereocenters. The minimum atomic E-state index is -0.280. The van der Waals surface area contributed by atoms with E-state index >= 15 is 4.39 Å². The Morgan fingerprint density at radius 3 is 1.70 bits per heavy atom. The van der Waals surface area contributed by atoms with Crippen molar-refractivity contribution in [2.75, 3.05) is 9.80 Å². The van der Waals surface area contributed by atoms with Gasteiger partial charge in [-0.15, -0.1) is 0 Å². The maximum absolute atomic E-state index is 15.8. The Morgan fingerprint density at radius 1 is 0.475 bits per heavy atom. The number of nitriles is 1. The van der Waals surface area contributed by atoms with E-state index in [4.69, 9.17) is 0 Å². The largest absolute Gasteiger partial charge is 0.309 e. The predicted molar refractivity (Wildman–Crippen MR) is 247 cm³/mol. The van der Waals surface area contributed by atoms with Gasteiger partial charge in [-0.2, -0.15) is 5.26 Å². The van der Waals surface area contributed by atoms with E-state index in [1.54, 1.807) is 11.6 Å². The molecule has 0 radical (unpaired) electrons. The van der Waals surface area contributed by atoms with Gasteiger partial charge in [-0.25, -0.2) is 4.39 Å². The van der Waals surface area contributed by atoms with Crippen LogP contribution in [0.4, 0.5) is 38.5 Å². The standard InChI is InChI=1S/C57H42FN3/c58-50-15-7-9-17-54(50)60(42-11-2-1-3-12-42)52-26-20-37-19-24-46-53(27-21-38-18-23-45(52)55(37)56(38)46)61(51-16-8-4-10-39(51)34-59)43-22-25-49-47(33-43)44-13-5-6-14-48(44)57(49)40-29-35-28-36(31-40)32-41(57)30-35/h1-27,33,35-36,40-41H,28-32H2. The molecular formula is C57H42FN3. The predicted octanol–water partition coefficient (Wildman–Crippen LogP) is 15.3. The summed E-state index contributed by atoms with van der Waals surface area (Å²) in [5.74, 6) is 2.86. The normalized spacial score (nSPS) is 21.9. The van der Waals surface area contributed by atoms with Crippen molar-refractivity contribution >= 4 is 66.4 Å². The molecule has 4 saturated carbocycles. The summed E-state index contributed by atoms with van der Waals surface area (Å²) in [6, 6.07) is 61.8. The van der Waals surface area contributed by atoms with Gasteiger partial charge in [0.15, 0.2) is 0 Å². The number of hydrogen-bond donors (Lipinski definition) is 0. The summed E-state index contributed by atoms with van der Waals surface area (Å²) in [5, 5.41) is 17.3. The molecule has 0 unspecified atom stereocenters. The highest BCUT2D eigenvalue weighted by molar-refractivity contribution is 6.28. The number of anilines is 6. The van der Waals surface area contributed by atoms with Crippen molar-refractivity contribution in [2.24, 2.45) is 23.7 Å². The number of para-hydroxylation sites is 3. The molecule has 0 aliphatic heterocycles. The van der Waals surface area contributed by atoms with E-state index in [1.807, 2.05) is 65.6 Å². The van der Waals surface area contributed by atoms with E-state index in [0.717, 1.165) is 72.6 Å². The average molecular weight is 788 g/mol. The first-order valence-corrected chi connectivity index (χ1v) is 21.9. The van der Waals surface area contributed by atoms with Crippen molar-refractivity contribution in [1.82, 2.24) is 0 Å². The van der Waals surface area contributed by atoms with Crippen LogP contribution in [-0.2, 0) is 5.41 Å². The summed E-state index contributed by atoms with van der Waals surface area (Å²) >= 11 is 0. The Morgan fingerprint density at radius 2 is 1.03 bits per heavy atom. The zero-order chi connectivity index (χ0) is 40.4. The maximum Gasteiger partial charge on any atom is 0.147 e. The van der Waals surface area contributed by atoms with Crippen molar-refractivity contribution in [3.05, 3.63) is 192 Å². The molecule has 0 amide bonds. The highest BCUT2D eigenvalue weighted by Gasteiger charge is 2.61. The Kier molecular flexibility index (Phi) is 7.44. The molecule has 5 aliphatic rings. The van der Waals surface area contributed by atoms with Crippen LogP contribution in [0, 0.1) is 40.8 Å². The van der Waals surface area contributed by atoms with E-state index < -0.39 is 0 Å². The van der Waals surface area contributed by atoms with E-state index in [2.05, 4.69) is 108 Å². The molecule has 3 nitrogen and oxygen atoms in total. The Hall–Kier alpha value is -6.96. The molecule has 14 rings (SSSR count). The molecule has 292 valence electrons. The summed E-state index contributed by atoms with van der Waals surface area (Å²) in [6.07, 6.45) is 6.81. The van der Waals surface area contributed by atoms with Gasteiger partial charge in [0.25, 0.3) is 0 Å². The van der Waals surface area contributed by atoms with Crippen LogP contribution in [0.1, 0.15) is 48.8 Å². The maximum atomic E-state index is 15.8. The van der Waals surface area contributed by atoms with E-state index in [9.17, 15) is 5.26 Å². The first-order valence-electron chi connectivity index (χ1n) is 21.9. The van der Waals surface area contributed by atoms with Gasteiger partial charge in [0, 0.05) is 27.6 Å². The lowest BCUT2D eigenvalue weighted by Crippen LogP contribution is -2.55. The minimum absolute atomic E-state index is 0.0777. The number of nitrogens with zero attached hydrogens (tertiary/aromatic N) is 3. The second kappa shape index (κ2) is 13.0. The van der Waals surface area contributed by atoms with Crippen LogP contribution in [0.3, 0.4) is 0 Å². The lowest BCUT2D eigenvalue weighted by molar-refractivity contribution is -0.0399. The summed E-state index contributed by atoms with van der Waals surface area (Å²) < 4.78 is 15.8. The third kappa shape index (κ3) is 4.84. The molecule has 9 aromatic carbocycles. The summed E-state index contributed by atoms with van der Waals surface area (Å²) in [4.78, 5) is 4.36. The zero-order valence-corrected chi connectivity index (χ0v) is 33.7. The summed E-state index contributed by atoms with van der Waals surface area (Å²) in [5.41, 5.74) is 11.7. The Labute approximate surface area is 355 Å². The van der Waals surface area contributed by atoms with Crippen LogP contribution < -0.4 is 9.80 Å². The molecule has 0 aromatic heterocycles. The fourth-order valence-corrected chi connectivity index (χ4v) is 13.2. The van der Waals surface area contributed by atoms with Crippen LogP contribution in [0.2, 0.25) is 0 Å². The fraction of sp³-hybridized carbons (Fsp3) is 0.175. The van der Waals surface area contributed by atoms with Gasteiger partial charge in [-0.05, 0) is 160 Å². The van der Waals surface area contributed by atoms with E-state index in [-0.39, 0.29) is 11.2 Å². The molecule has 9 aromatic rings. The molecule has 1 spiro atoms. The van der Waals surface area contributed by atoms with Crippen LogP contribution in [-0.4, -0.2) is 0 Å². The number of fused-ring (bicyclic) bond motifs is 3. The minimum Gasteiger partial charge on any atom is -0.309 e. The number of rotatable bonds is 6. The monoisotopic (exact) mass is 787 g/mol. The third-order valence-corrected chi connectivity index (χ3v) is 15.3. The van der Waals surface area contributed by atoms with Gasteiger partial charge in [-0.3, -0.25) is 0 Å². The van der Waals surface area contributed by atoms with E-state index in [1.165, 1.54) is 54.9 Å². The lowest BCUT2D eigenvalue weighted by atomic mass is 9.43. The van der Waals surface area contributed by atoms with Crippen molar-refractivity contribution in [2.45, 2.75) is 37.5 Å². The SMILES string of the molecule is N#Cc1ccccc1N(c1ccc2c(c1)-c1ccccc1C21C2CC3CC(C2)CC1C3)c1ccc2ccc3c(N(c4ccccc4)c4ccccc4F)ccc4ccc1c2c43. The average Bonchev–Trinajstić information content (AvgIpc) is 3.59.